The smallest absolute Gasteiger partial charge is 0.207 e. The molecule has 120 valence electrons. The summed E-state index contributed by atoms with van der Waals surface area (Å²) in [5.41, 5.74) is 2.06. The minimum atomic E-state index is -4.19. The summed E-state index contributed by atoms with van der Waals surface area (Å²) in [5, 5.41) is 0. The average Bonchev–Trinajstić information content (AvgIpc) is 2.55. The first-order valence-electron chi connectivity index (χ1n) is 7.19. The molecule has 3 rings (SSSR count). The monoisotopic (exact) mass is 335 g/mol. The molecule has 1 aliphatic rings. The van der Waals surface area contributed by atoms with E-state index >= 15 is 0 Å². The first-order valence-corrected chi connectivity index (χ1v) is 8.63. The predicted molar refractivity (Wildman–Crippen MR) is 84.2 cm³/mol. The van der Waals surface area contributed by atoms with Crippen molar-refractivity contribution < 1.29 is 17.2 Å². The standard InChI is InChI=1S/C17H15F2NO2S/c18-15-7-4-8-16(19)17(15)23(21,22)20-11-9-14(10-12-20)13-5-2-1-3-6-13/h1-9H,10-12H2. The van der Waals surface area contributed by atoms with Gasteiger partial charge in [0, 0.05) is 13.1 Å². The number of hydrogen-bond donors (Lipinski definition) is 0. The second-order valence-electron chi connectivity index (χ2n) is 5.26. The van der Waals surface area contributed by atoms with Gasteiger partial charge >= 0.3 is 0 Å². The van der Waals surface area contributed by atoms with E-state index in [-0.39, 0.29) is 13.1 Å². The van der Waals surface area contributed by atoms with E-state index in [4.69, 9.17) is 0 Å². The van der Waals surface area contributed by atoms with E-state index < -0.39 is 26.6 Å². The quantitative estimate of drug-likeness (QED) is 0.862. The Bertz CT molecular complexity index is 828. The van der Waals surface area contributed by atoms with Crippen molar-refractivity contribution in [2.75, 3.05) is 13.1 Å². The highest BCUT2D eigenvalue weighted by Crippen LogP contribution is 2.28. The normalized spacial score (nSPS) is 16.2. The lowest BCUT2D eigenvalue weighted by molar-refractivity contribution is 0.428. The summed E-state index contributed by atoms with van der Waals surface area (Å²) in [5.74, 6) is -2.13. The lowest BCUT2D eigenvalue weighted by Crippen LogP contribution is -2.35. The van der Waals surface area contributed by atoms with Crippen LogP contribution in [0, 0.1) is 11.6 Å². The van der Waals surface area contributed by atoms with Crippen LogP contribution < -0.4 is 0 Å². The topological polar surface area (TPSA) is 37.4 Å². The Labute approximate surface area is 133 Å². The van der Waals surface area contributed by atoms with Crippen molar-refractivity contribution in [2.45, 2.75) is 11.3 Å². The third kappa shape index (κ3) is 3.04. The SMILES string of the molecule is O=S(=O)(c1c(F)cccc1F)N1CC=C(c2ccccc2)CC1. The average molecular weight is 335 g/mol. The number of nitrogens with zero attached hydrogens (tertiary/aromatic N) is 1. The maximum absolute atomic E-state index is 13.8. The van der Waals surface area contributed by atoms with Crippen LogP contribution >= 0.6 is 0 Å². The van der Waals surface area contributed by atoms with Crippen LogP contribution in [0.15, 0.2) is 59.5 Å². The highest BCUT2D eigenvalue weighted by molar-refractivity contribution is 7.89. The molecule has 0 bridgehead atoms. The molecule has 0 unspecified atom stereocenters. The Kier molecular flexibility index (Phi) is 4.28. The molecule has 0 aliphatic carbocycles. The minimum absolute atomic E-state index is 0.0976. The van der Waals surface area contributed by atoms with Gasteiger partial charge in [-0.15, -0.1) is 0 Å². The number of rotatable bonds is 3. The lowest BCUT2D eigenvalue weighted by Gasteiger charge is -2.26. The summed E-state index contributed by atoms with van der Waals surface area (Å²) < 4.78 is 53.6. The molecule has 23 heavy (non-hydrogen) atoms. The van der Waals surface area contributed by atoms with Crippen LogP contribution in [0.1, 0.15) is 12.0 Å². The Morgan fingerprint density at radius 3 is 2.13 bits per heavy atom. The Morgan fingerprint density at radius 1 is 0.913 bits per heavy atom. The van der Waals surface area contributed by atoms with E-state index in [1.54, 1.807) is 6.08 Å². The fourth-order valence-corrected chi connectivity index (χ4v) is 4.13. The third-order valence-corrected chi connectivity index (χ3v) is 5.75. The van der Waals surface area contributed by atoms with Crippen LogP contribution in [0.25, 0.3) is 5.57 Å². The van der Waals surface area contributed by atoms with Gasteiger partial charge in [-0.25, -0.2) is 17.2 Å². The van der Waals surface area contributed by atoms with Crippen molar-refractivity contribution in [1.29, 1.82) is 0 Å². The summed E-state index contributed by atoms with van der Waals surface area (Å²) in [6.07, 6.45) is 2.29. The first-order chi connectivity index (χ1) is 11.0. The molecule has 0 fully saturated rings. The summed E-state index contributed by atoms with van der Waals surface area (Å²) in [6.45, 7) is 0.289. The zero-order valence-corrected chi connectivity index (χ0v) is 13.1. The minimum Gasteiger partial charge on any atom is -0.207 e. The van der Waals surface area contributed by atoms with Gasteiger partial charge in [-0.05, 0) is 29.7 Å². The Balaban J connectivity index is 1.88. The highest BCUT2D eigenvalue weighted by Gasteiger charge is 2.31. The number of sulfonamides is 1. The molecule has 3 nitrogen and oxygen atoms in total. The fourth-order valence-electron chi connectivity index (χ4n) is 2.64. The molecule has 0 spiro atoms. The van der Waals surface area contributed by atoms with Gasteiger partial charge in [0.05, 0.1) is 0 Å². The van der Waals surface area contributed by atoms with E-state index in [1.165, 1.54) is 0 Å². The maximum atomic E-state index is 13.8. The second kappa shape index (κ2) is 6.22. The van der Waals surface area contributed by atoms with Crippen LogP contribution in [0.5, 0.6) is 0 Å². The van der Waals surface area contributed by atoms with Gasteiger partial charge < -0.3 is 0 Å². The van der Waals surface area contributed by atoms with E-state index in [0.29, 0.717) is 6.42 Å². The lowest BCUT2D eigenvalue weighted by atomic mass is 10.0. The highest BCUT2D eigenvalue weighted by atomic mass is 32.2. The molecule has 6 heteroatoms. The first kappa shape index (κ1) is 15.8. The van der Waals surface area contributed by atoms with Crippen molar-refractivity contribution >= 4 is 15.6 Å². The number of benzene rings is 2. The molecular formula is C17H15F2NO2S. The van der Waals surface area contributed by atoms with E-state index in [9.17, 15) is 17.2 Å². The van der Waals surface area contributed by atoms with Crippen LogP contribution in [-0.4, -0.2) is 25.8 Å². The maximum Gasteiger partial charge on any atom is 0.249 e. The van der Waals surface area contributed by atoms with Gasteiger partial charge in [0.1, 0.15) is 11.6 Å². The van der Waals surface area contributed by atoms with Crippen molar-refractivity contribution in [3.63, 3.8) is 0 Å². The molecular weight excluding hydrogens is 320 g/mol. The van der Waals surface area contributed by atoms with Gasteiger partial charge in [-0.3, -0.25) is 0 Å². The molecule has 0 radical (unpaired) electrons. The van der Waals surface area contributed by atoms with Crippen molar-refractivity contribution in [2.24, 2.45) is 0 Å². The van der Waals surface area contributed by atoms with Crippen molar-refractivity contribution in [3.05, 3.63) is 71.8 Å². The van der Waals surface area contributed by atoms with Crippen LogP contribution in [0.3, 0.4) is 0 Å². The largest absolute Gasteiger partial charge is 0.249 e. The van der Waals surface area contributed by atoms with Crippen LogP contribution in [0.4, 0.5) is 8.78 Å². The van der Waals surface area contributed by atoms with Gasteiger partial charge in [-0.2, -0.15) is 4.31 Å². The number of halogens is 2. The second-order valence-corrected chi connectivity index (χ2v) is 7.13. The molecule has 0 amide bonds. The Morgan fingerprint density at radius 2 is 1.57 bits per heavy atom. The fraction of sp³-hybridized carbons (Fsp3) is 0.176. The van der Waals surface area contributed by atoms with Gasteiger partial charge in [0.15, 0.2) is 4.90 Å². The molecule has 0 saturated carbocycles. The zero-order valence-electron chi connectivity index (χ0n) is 12.2. The zero-order chi connectivity index (χ0) is 16.4. The summed E-state index contributed by atoms with van der Waals surface area (Å²) >= 11 is 0. The molecule has 1 heterocycles. The Hall–Kier alpha value is -2.05. The van der Waals surface area contributed by atoms with Crippen LogP contribution in [0.2, 0.25) is 0 Å². The van der Waals surface area contributed by atoms with Crippen molar-refractivity contribution in [3.8, 4) is 0 Å². The van der Waals surface area contributed by atoms with Crippen molar-refractivity contribution in [1.82, 2.24) is 4.31 Å². The van der Waals surface area contributed by atoms with Gasteiger partial charge in [0.2, 0.25) is 10.0 Å². The van der Waals surface area contributed by atoms with Gasteiger partial charge in [-0.1, -0.05) is 42.5 Å². The molecule has 2 aromatic carbocycles. The van der Waals surface area contributed by atoms with Crippen LogP contribution in [-0.2, 0) is 10.0 Å². The van der Waals surface area contributed by atoms with Gasteiger partial charge in [0.25, 0.3) is 0 Å². The molecule has 0 saturated heterocycles. The van der Waals surface area contributed by atoms with E-state index in [1.807, 2.05) is 30.3 Å². The molecule has 0 atom stereocenters. The van der Waals surface area contributed by atoms with E-state index in [2.05, 4.69) is 0 Å². The molecule has 1 aliphatic heterocycles. The molecule has 0 aromatic heterocycles. The molecule has 2 aromatic rings. The summed E-state index contributed by atoms with van der Waals surface area (Å²) in [6, 6.07) is 12.7. The number of hydrogen-bond acceptors (Lipinski definition) is 2. The summed E-state index contributed by atoms with van der Waals surface area (Å²) in [4.78, 5) is -0.878. The summed E-state index contributed by atoms with van der Waals surface area (Å²) in [7, 11) is -4.19. The van der Waals surface area contributed by atoms with E-state index in [0.717, 1.165) is 33.6 Å². The molecule has 0 N–H and O–H groups in total. The third-order valence-electron chi connectivity index (χ3n) is 3.83. The predicted octanol–water partition coefficient (Wildman–Crippen LogP) is 3.44.